The standard InChI is InChI=1S/C26H31OP/c1-25(2,3)19-11-15-21(16-12-19)28(24-10-8-7-9-23(24)27)22-17-13-20(14-18-22)26(4,5)6/h7-18,27H,1-6H3. The second-order valence-corrected chi connectivity index (χ2v) is 11.6. The van der Waals surface area contributed by atoms with E-state index in [1.54, 1.807) is 6.07 Å². The van der Waals surface area contributed by atoms with Gasteiger partial charge in [0.1, 0.15) is 5.75 Å². The minimum atomic E-state index is -0.813. The highest BCUT2D eigenvalue weighted by Crippen LogP contribution is 2.37. The molecule has 0 aliphatic rings. The maximum Gasteiger partial charge on any atom is 0.123 e. The molecule has 1 N–H and O–H groups in total. The van der Waals surface area contributed by atoms with Crippen molar-refractivity contribution in [3.8, 4) is 5.75 Å². The van der Waals surface area contributed by atoms with Crippen LogP contribution in [-0.2, 0) is 10.8 Å². The molecule has 1 nitrogen and oxygen atoms in total. The Morgan fingerprint density at radius 2 is 0.964 bits per heavy atom. The van der Waals surface area contributed by atoms with Gasteiger partial charge in [0.05, 0.1) is 0 Å². The first-order chi connectivity index (χ1) is 13.1. The molecule has 0 aliphatic carbocycles. The highest BCUT2D eigenvalue weighted by atomic mass is 31.1. The van der Waals surface area contributed by atoms with Crippen LogP contribution in [0.1, 0.15) is 52.7 Å². The molecule has 3 aromatic rings. The number of para-hydroxylation sites is 1. The Hall–Kier alpha value is -2.11. The molecule has 28 heavy (non-hydrogen) atoms. The van der Waals surface area contributed by atoms with E-state index in [0.717, 1.165) is 5.30 Å². The summed E-state index contributed by atoms with van der Waals surface area (Å²) >= 11 is 0. The summed E-state index contributed by atoms with van der Waals surface area (Å²) in [5.41, 5.74) is 2.91. The number of aromatic hydroxyl groups is 1. The summed E-state index contributed by atoms with van der Waals surface area (Å²) in [6, 6.07) is 25.6. The summed E-state index contributed by atoms with van der Waals surface area (Å²) in [6.07, 6.45) is 0. The Balaban J connectivity index is 2.10. The van der Waals surface area contributed by atoms with Crippen molar-refractivity contribution < 1.29 is 5.11 Å². The zero-order chi connectivity index (χ0) is 20.5. The van der Waals surface area contributed by atoms with E-state index in [1.807, 2.05) is 12.1 Å². The van der Waals surface area contributed by atoms with Crippen LogP contribution >= 0.6 is 7.92 Å². The average molecular weight is 391 g/mol. The predicted molar refractivity (Wildman–Crippen MR) is 124 cm³/mol. The molecule has 3 aromatic carbocycles. The largest absolute Gasteiger partial charge is 0.507 e. The molecule has 0 fully saturated rings. The maximum absolute atomic E-state index is 10.6. The molecule has 0 saturated carbocycles. The first kappa shape index (κ1) is 20.6. The maximum atomic E-state index is 10.6. The molecule has 2 heteroatoms. The van der Waals surface area contributed by atoms with Crippen molar-refractivity contribution in [2.45, 2.75) is 52.4 Å². The normalized spacial score (nSPS) is 12.4. The van der Waals surface area contributed by atoms with Crippen LogP contribution in [0.15, 0.2) is 72.8 Å². The molecule has 3 rings (SSSR count). The fourth-order valence-corrected chi connectivity index (χ4v) is 5.59. The van der Waals surface area contributed by atoms with E-state index < -0.39 is 7.92 Å². The van der Waals surface area contributed by atoms with Gasteiger partial charge in [-0.3, -0.25) is 0 Å². The van der Waals surface area contributed by atoms with E-state index in [1.165, 1.54) is 21.7 Å². The van der Waals surface area contributed by atoms with E-state index in [0.29, 0.717) is 5.75 Å². The minimum absolute atomic E-state index is 0.129. The third kappa shape index (κ3) is 4.47. The second-order valence-electron chi connectivity index (χ2n) is 9.42. The lowest BCUT2D eigenvalue weighted by molar-refractivity contribution is 0.480. The summed E-state index contributed by atoms with van der Waals surface area (Å²) in [6.45, 7) is 13.4. The first-order valence-corrected chi connectivity index (χ1v) is 11.2. The number of phenols is 1. The highest BCUT2D eigenvalue weighted by Gasteiger charge is 2.22. The van der Waals surface area contributed by atoms with Crippen molar-refractivity contribution in [2.75, 3.05) is 0 Å². The summed E-state index contributed by atoms with van der Waals surface area (Å²) < 4.78 is 0. The molecular weight excluding hydrogens is 359 g/mol. The molecule has 146 valence electrons. The van der Waals surface area contributed by atoms with Crippen LogP contribution in [0.5, 0.6) is 5.75 Å². The number of phenolic OH excluding ortho intramolecular Hbond substituents is 1. The molecule has 0 saturated heterocycles. The molecular formula is C26H31OP. The van der Waals surface area contributed by atoms with Gasteiger partial charge < -0.3 is 5.11 Å². The summed E-state index contributed by atoms with van der Waals surface area (Å²) in [5, 5.41) is 14.1. The Morgan fingerprint density at radius 1 is 0.571 bits per heavy atom. The van der Waals surface area contributed by atoms with Crippen molar-refractivity contribution in [2.24, 2.45) is 0 Å². The molecule has 0 amide bonds. The lowest BCUT2D eigenvalue weighted by atomic mass is 9.87. The van der Waals surface area contributed by atoms with Crippen LogP contribution in [0, 0.1) is 0 Å². The number of rotatable bonds is 3. The van der Waals surface area contributed by atoms with Crippen LogP contribution in [0.25, 0.3) is 0 Å². The fraction of sp³-hybridized carbons (Fsp3) is 0.308. The number of hydrogen-bond acceptors (Lipinski definition) is 1. The van der Waals surface area contributed by atoms with Gasteiger partial charge in [-0.05, 0) is 46.6 Å². The lowest BCUT2D eigenvalue weighted by Gasteiger charge is -2.24. The molecule has 0 heterocycles. The van der Waals surface area contributed by atoms with E-state index in [-0.39, 0.29) is 10.8 Å². The quantitative estimate of drug-likeness (QED) is 0.565. The monoisotopic (exact) mass is 390 g/mol. The van der Waals surface area contributed by atoms with Gasteiger partial charge in [0.25, 0.3) is 0 Å². The van der Waals surface area contributed by atoms with Crippen molar-refractivity contribution in [3.05, 3.63) is 83.9 Å². The van der Waals surface area contributed by atoms with Crippen molar-refractivity contribution >= 4 is 23.8 Å². The molecule has 0 bridgehead atoms. The van der Waals surface area contributed by atoms with Crippen LogP contribution in [0.4, 0.5) is 0 Å². The topological polar surface area (TPSA) is 20.2 Å². The number of benzene rings is 3. The van der Waals surface area contributed by atoms with Gasteiger partial charge in [-0.25, -0.2) is 0 Å². The van der Waals surface area contributed by atoms with E-state index in [9.17, 15) is 5.11 Å². The Labute approximate surface area is 171 Å². The van der Waals surface area contributed by atoms with Crippen LogP contribution in [0.2, 0.25) is 0 Å². The zero-order valence-electron chi connectivity index (χ0n) is 17.8. The van der Waals surface area contributed by atoms with Gasteiger partial charge >= 0.3 is 0 Å². The number of hydrogen-bond donors (Lipinski definition) is 1. The van der Waals surface area contributed by atoms with E-state index in [2.05, 4.69) is 96.1 Å². The molecule has 0 aromatic heterocycles. The van der Waals surface area contributed by atoms with Crippen molar-refractivity contribution in [1.82, 2.24) is 0 Å². The molecule has 0 unspecified atom stereocenters. The molecule has 0 atom stereocenters. The zero-order valence-corrected chi connectivity index (χ0v) is 18.7. The van der Waals surface area contributed by atoms with Crippen molar-refractivity contribution in [1.29, 1.82) is 0 Å². The summed E-state index contributed by atoms with van der Waals surface area (Å²) in [7, 11) is -0.813. The van der Waals surface area contributed by atoms with Gasteiger partial charge in [0.2, 0.25) is 0 Å². The smallest absolute Gasteiger partial charge is 0.123 e. The molecule has 0 radical (unpaired) electrons. The Morgan fingerprint density at radius 3 is 1.32 bits per heavy atom. The van der Waals surface area contributed by atoms with Gasteiger partial charge in [-0.15, -0.1) is 0 Å². The summed E-state index contributed by atoms with van der Waals surface area (Å²) in [4.78, 5) is 0. The molecule has 0 aliphatic heterocycles. The lowest BCUT2D eigenvalue weighted by Crippen LogP contribution is -2.22. The third-order valence-corrected chi connectivity index (χ3v) is 7.59. The summed E-state index contributed by atoms with van der Waals surface area (Å²) in [5.74, 6) is 0.369. The fourth-order valence-electron chi connectivity index (χ4n) is 3.30. The predicted octanol–water partition coefficient (Wildman–Crippen LogP) is 5.75. The van der Waals surface area contributed by atoms with Gasteiger partial charge in [-0.2, -0.15) is 0 Å². The van der Waals surface area contributed by atoms with Gasteiger partial charge in [0, 0.05) is 5.30 Å². The van der Waals surface area contributed by atoms with Crippen LogP contribution in [0.3, 0.4) is 0 Å². The Kier molecular flexibility index (Phi) is 5.69. The van der Waals surface area contributed by atoms with E-state index in [4.69, 9.17) is 0 Å². The second kappa shape index (κ2) is 7.72. The van der Waals surface area contributed by atoms with E-state index >= 15 is 0 Å². The Bertz CT molecular complexity index is 868. The minimum Gasteiger partial charge on any atom is -0.507 e. The highest BCUT2D eigenvalue weighted by molar-refractivity contribution is 7.80. The van der Waals surface area contributed by atoms with Crippen LogP contribution < -0.4 is 15.9 Å². The molecule has 0 spiro atoms. The van der Waals surface area contributed by atoms with Crippen molar-refractivity contribution in [3.63, 3.8) is 0 Å². The van der Waals surface area contributed by atoms with Gasteiger partial charge in [0.15, 0.2) is 0 Å². The van der Waals surface area contributed by atoms with Gasteiger partial charge in [-0.1, -0.05) is 108 Å². The SMILES string of the molecule is CC(C)(C)c1ccc(P(c2ccc(C(C)(C)C)cc2)c2ccccc2O)cc1. The average Bonchev–Trinajstić information content (AvgIpc) is 2.63. The first-order valence-electron chi connectivity index (χ1n) is 9.86. The third-order valence-electron chi connectivity index (χ3n) is 5.11. The van der Waals surface area contributed by atoms with Crippen LogP contribution in [-0.4, -0.2) is 5.11 Å².